The first kappa shape index (κ1) is 10.3. The molecule has 1 fully saturated rings. The van der Waals surface area contributed by atoms with Crippen LogP contribution >= 0.6 is 0 Å². The Morgan fingerprint density at radius 2 is 1.80 bits per heavy atom. The second-order valence-electron chi connectivity index (χ2n) is 4.01. The van der Waals surface area contributed by atoms with Gasteiger partial charge in [0.1, 0.15) is 0 Å². The van der Waals surface area contributed by atoms with Crippen LogP contribution in [0, 0.1) is 0 Å². The monoisotopic (exact) mass is 215 g/mol. The minimum Gasteiger partial charge on any atom is -0.399 e. The molecule has 1 aromatic rings. The van der Waals surface area contributed by atoms with Crippen molar-refractivity contribution in [1.29, 1.82) is 0 Å². The Labute approximate surface area is 86.1 Å². The minimum absolute atomic E-state index is 0.201. The number of halogens is 3. The molecule has 4 heteroatoms. The summed E-state index contributed by atoms with van der Waals surface area (Å²) in [4.78, 5) is 0. The fraction of sp³-hybridized carbons (Fsp3) is 0.455. The Kier molecular flexibility index (Phi) is 2.37. The third-order valence-corrected chi connectivity index (χ3v) is 2.88. The van der Waals surface area contributed by atoms with Gasteiger partial charge in [-0.15, -0.1) is 0 Å². The molecule has 1 saturated carbocycles. The van der Waals surface area contributed by atoms with Crippen molar-refractivity contribution in [3.8, 4) is 0 Å². The van der Waals surface area contributed by atoms with Gasteiger partial charge in [0.25, 0.3) is 0 Å². The highest BCUT2D eigenvalue weighted by Crippen LogP contribution is 2.39. The summed E-state index contributed by atoms with van der Waals surface area (Å²) in [5, 5.41) is 0. The van der Waals surface area contributed by atoms with E-state index in [1.165, 1.54) is 6.07 Å². The summed E-state index contributed by atoms with van der Waals surface area (Å²) in [5.74, 6) is 0.273. The average Bonchev–Trinajstić information content (AvgIpc) is 1.97. The molecule has 0 spiro atoms. The number of nitrogen functional groups attached to an aromatic ring is 1. The zero-order valence-electron chi connectivity index (χ0n) is 8.14. The van der Waals surface area contributed by atoms with Gasteiger partial charge in [-0.1, -0.05) is 6.42 Å². The highest BCUT2D eigenvalue weighted by Gasteiger charge is 2.32. The summed E-state index contributed by atoms with van der Waals surface area (Å²) in [7, 11) is 0. The maximum atomic E-state index is 12.5. The summed E-state index contributed by atoms with van der Waals surface area (Å²) < 4.78 is 37.4. The van der Waals surface area contributed by atoms with Crippen molar-refractivity contribution in [2.45, 2.75) is 31.4 Å². The van der Waals surface area contributed by atoms with Crippen LogP contribution in [0.5, 0.6) is 0 Å². The quantitative estimate of drug-likeness (QED) is 0.712. The molecule has 0 bridgehead atoms. The fourth-order valence-electron chi connectivity index (χ4n) is 1.82. The highest BCUT2D eigenvalue weighted by molar-refractivity contribution is 5.47. The maximum Gasteiger partial charge on any atom is 0.416 e. The molecular weight excluding hydrogens is 203 g/mol. The van der Waals surface area contributed by atoms with E-state index in [4.69, 9.17) is 5.73 Å². The van der Waals surface area contributed by atoms with E-state index >= 15 is 0 Å². The molecule has 0 amide bonds. The van der Waals surface area contributed by atoms with Gasteiger partial charge >= 0.3 is 6.18 Å². The molecule has 15 heavy (non-hydrogen) atoms. The summed E-state index contributed by atoms with van der Waals surface area (Å²) in [6.07, 6.45) is -1.25. The first-order chi connectivity index (χ1) is 6.97. The number of benzene rings is 1. The summed E-state index contributed by atoms with van der Waals surface area (Å²) in [6, 6.07) is 3.86. The van der Waals surface area contributed by atoms with Crippen molar-refractivity contribution in [2.75, 3.05) is 5.73 Å². The van der Waals surface area contributed by atoms with Crippen LogP contribution in [0.25, 0.3) is 0 Å². The number of hydrogen-bond donors (Lipinski definition) is 1. The van der Waals surface area contributed by atoms with E-state index in [1.807, 2.05) is 0 Å². The van der Waals surface area contributed by atoms with Crippen LogP contribution in [0.3, 0.4) is 0 Å². The lowest BCUT2D eigenvalue weighted by Crippen LogP contribution is -2.12. The molecule has 1 aliphatic rings. The molecule has 0 saturated heterocycles. The standard InChI is InChI=1S/C11H12F3N/c12-11(13,14)9-4-8(5-10(15)6-9)7-2-1-3-7/h4-7H,1-3,15H2. The van der Waals surface area contributed by atoms with Crippen molar-refractivity contribution in [3.05, 3.63) is 29.3 Å². The molecule has 2 N–H and O–H groups in total. The number of rotatable bonds is 1. The van der Waals surface area contributed by atoms with E-state index in [0.29, 0.717) is 0 Å². The van der Waals surface area contributed by atoms with E-state index in [9.17, 15) is 13.2 Å². The molecular formula is C11H12F3N. The van der Waals surface area contributed by atoms with Crippen LogP contribution in [-0.2, 0) is 6.18 Å². The minimum atomic E-state index is -4.30. The summed E-state index contributed by atoms with van der Waals surface area (Å²) >= 11 is 0. The normalized spacial score (nSPS) is 17.5. The highest BCUT2D eigenvalue weighted by atomic mass is 19.4. The van der Waals surface area contributed by atoms with Gasteiger partial charge < -0.3 is 5.73 Å². The molecule has 0 heterocycles. The summed E-state index contributed by atoms with van der Waals surface area (Å²) in [5.41, 5.74) is 5.77. The Hall–Kier alpha value is -1.19. The number of hydrogen-bond acceptors (Lipinski definition) is 1. The predicted octanol–water partition coefficient (Wildman–Crippen LogP) is 3.56. The van der Waals surface area contributed by atoms with Crippen molar-refractivity contribution < 1.29 is 13.2 Å². The molecule has 0 aromatic heterocycles. The Morgan fingerprint density at radius 3 is 2.27 bits per heavy atom. The van der Waals surface area contributed by atoms with Crippen LogP contribution in [-0.4, -0.2) is 0 Å². The topological polar surface area (TPSA) is 26.0 Å². The van der Waals surface area contributed by atoms with Crippen molar-refractivity contribution in [2.24, 2.45) is 0 Å². The molecule has 82 valence electrons. The van der Waals surface area contributed by atoms with Gasteiger partial charge in [-0.3, -0.25) is 0 Å². The zero-order chi connectivity index (χ0) is 11.1. The van der Waals surface area contributed by atoms with E-state index in [2.05, 4.69) is 0 Å². The molecule has 1 aliphatic carbocycles. The number of nitrogens with two attached hydrogens (primary N) is 1. The third-order valence-electron chi connectivity index (χ3n) is 2.88. The van der Waals surface area contributed by atoms with E-state index in [1.54, 1.807) is 6.07 Å². The van der Waals surface area contributed by atoms with Gasteiger partial charge in [0.2, 0.25) is 0 Å². The predicted molar refractivity (Wildman–Crippen MR) is 52.4 cm³/mol. The molecule has 1 aromatic carbocycles. The van der Waals surface area contributed by atoms with Crippen LogP contribution < -0.4 is 5.73 Å². The van der Waals surface area contributed by atoms with Gasteiger partial charge in [-0.2, -0.15) is 13.2 Å². The van der Waals surface area contributed by atoms with Crippen LogP contribution in [0.15, 0.2) is 18.2 Å². The Balaban J connectivity index is 2.36. The van der Waals surface area contributed by atoms with Crippen molar-refractivity contribution in [3.63, 3.8) is 0 Å². The lowest BCUT2D eigenvalue weighted by molar-refractivity contribution is -0.137. The second-order valence-corrected chi connectivity index (χ2v) is 4.01. The molecule has 0 unspecified atom stereocenters. The lowest BCUT2D eigenvalue weighted by Gasteiger charge is -2.26. The third kappa shape index (κ3) is 2.08. The van der Waals surface area contributed by atoms with Gasteiger partial charge in [-0.25, -0.2) is 0 Å². The summed E-state index contributed by atoms with van der Waals surface area (Å²) in [6.45, 7) is 0. The van der Waals surface area contributed by atoms with Gasteiger partial charge in [-0.05, 0) is 42.5 Å². The SMILES string of the molecule is Nc1cc(C2CCC2)cc(C(F)(F)F)c1. The second kappa shape index (κ2) is 3.43. The molecule has 0 atom stereocenters. The van der Waals surface area contributed by atoms with Crippen LogP contribution in [0.4, 0.5) is 18.9 Å². The fourth-order valence-corrected chi connectivity index (χ4v) is 1.82. The van der Waals surface area contributed by atoms with Crippen molar-refractivity contribution >= 4 is 5.69 Å². The van der Waals surface area contributed by atoms with Crippen LogP contribution in [0.2, 0.25) is 0 Å². The Bertz CT molecular complexity index is 367. The van der Waals surface area contributed by atoms with Gasteiger partial charge in [0.05, 0.1) is 5.56 Å². The smallest absolute Gasteiger partial charge is 0.399 e. The van der Waals surface area contributed by atoms with Crippen molar-refractivity contribution in [1.82, 2.24) is 0 Å². The van der Waals surface area contributed by atoms with E-state index in [-0.39, 0.29) is 11.6 Å². The van der Waals surface area contributed by atoms with E-state index in [0.717, 1.165) is 30.9 Å². The first-order valence-electron chi connectivity index (χ1n) is 4.94. The lowest BCUT2D eigenvalue weighted by atomic mass is 9.79. The van der Waals surface area contributed by atoms with E-state index < -0.39 is 11.7 Å². The maximum absolute atomic E-state index is 12.5. The zero-order valence-corrected chi connectivity index (χ0v) is 8.14. The van der Waals surface area contributed by atoms with Gasteiger partial charge in [0, 0.05) is 5.69 Å². The molecule has 0 radical (unpaired) electrons. The molecule has 2 rings (SSSR count). The number of anilines is 1. The van der Waals surface area contributed by atoms with Crippen LogP contribution in [0.1, 0.15) is 36.3 Å². The largest absolute Gasteiger partial charge is 0.416 e. The van der Waals surface area contributed by atoms with Gasteiger partial charge in [0.15, 0.2) is 0 Å². The number of alkyl halides is 3. The first-order valence-corrected chi connectivity index (χ1v) is 4.94. The molecule has 1 nitrogen and oxygen atoms in total. The Morgan fingerprint density at radius 1 is 1.13 bits per heavy atom. The average molecular weight is 215 g/mol. The molecule has 0 aliphatic heterocycles.